The fourth-order valence-electron chi connectivity index (χ4n) is 2.04. The maximum Gasteiger partial charge on any atom is 0.0181 e. The van der Waals surface area contributed by atoms with Crippen molar-refractivity contribution in [3.63, 3.8) is 0 Å². The largest absolute Gasteiger partial charge is 0.313 e. The highest BCUT2D eigenvalue weighted by atomic mass is 15.0. The standard InChI is InChI=1S/C11H21N/c1-6-7-8-12-9-10(2,3)11(9,4)5/h6,9,12H,1,7-8H2,2-5H3. The highest BCUT2D eigenvalue weighted by molar-refractivity contribution is 5.17. The summed E-state index contributed by atoms with van der Waals surface area (Å²) in [7, 11) is 0. The maximum absolute atomic E-state index is 3.71. The molecule has 1 fully saturated rings. The predicted molar refractivity (Wildman–Crippen MR) is 54.2 cm³/mol. The molecule has 0 aromatic rings. The van der Waals surface area contributed by atoms with Gasteiger partial charge in [0, 0.05) is 6.04 Å². The van der Waals surface area contributed by atoms with Gasteiger partial charge < -0.3 is 5.32 Å². The highest BCUT2D eigenvalue weighted by Gasteiger charge is 2.64. The second-order valence-electron chi connectivity index (χ2n) is 4.91. The summed E-state index contributed by atoms with van der Waals surface area (Å²) < 4.78 is 0. The summed E-state index contributed by atoms with van der Waals surface area (Å²) in [6, 6.07) is 0.685. The van der Waals surface area contributed by atoms with Gasteiger partial charge in [0.05, 0.1) is 0 Å². The molecule has 0 saturated heterocycles. The second-order valence-corrected chi connectivity index (χ2v) is 4.91. The maximum atomic E-state index is 3.71. The van der Waals surface area contributed by atoms with E-state index in [-0.39, 0.29) is 0 Å². The van der Waals surface area contributed by atoms with Crippen LogP contribution < -0.4 is 5.32 Å². The minimum absolute atomic E-state index is 0.466. The zero-order valence-electron chi connectivity index (χ0n) is 8.78. The molecule has 1 rings (SSSR count). The van der Waals surface area contributed by atoms with Gasteiger partial charge in [-0.3, -0.25) is 0 Å². The Morgan fingerprint density at radius 1 is 1.25 bits per heavy atom. The molecule has 0 spiro atoms. The van der Waals surface area contributed by atoms with E-state index in [2.05, 4.69) is 39.6 Å². The summed E-state index contributed by atoms with van der Waals surface area (Å²) in [4.78, 5) is 0. The van der Waals surface area contributed by atoms with Crippen molar-refractivity contribution in [2.45, 2.75) is 40.2 Å². The Hall–Kier alpha value is -0.300. The van der Waals surface area contributed by atoms with Gasteiger partial charge in [-0.1, -0.05) is 33.8 Å². The molecule has 0 heterocycles. The molecule has 0 aromatic carbocycles. The third-order valence-corrected chi connectivity index (χ3v) is 3.72. The Labute approximate surface area is 76.2 Å². The zero-order valence-corrected chi connectivity index (χ0v) is 8.78. The van der Waals surface area contributed by atoms with Gasteiger partial charge in [-0.05, 0) is 23.8 Å². The minimum Gasteiger partial charge on any atom is -0.313 e. The van der Waals surface area contributed by atoms with Gasteiger partial charge in [-0.15, -0.1) is 6.58 Å². The molecule has 1 aliphatic rings. The van der Waals surface area contributed by atoms with Crippen molar-refractivity contribution < 1.29 is 0 Å². The quantitative estimate of drug-likeness (QED) is 0.501. The van der Waals surface area contributed by atoms with Crippen LogP contribution in [0, 0.1) is 10.8 Å². The lowest BCUT2D eigenvalue weighted by atomic mass is 10.0. The van der Waals surface area contributed by atoms with Crippen molar-refractivity contribution >= 4 is 0 Å². The molecule has 0 aliphatic heterocycles. The molecule has 1 heteroatoms. The Morgan fingerprint density at radius 2 is 1.75 bits per heavy atom. The van der Waals surface area contributed by atoms with Gasteiger partial charge in [-0.25, -0.2) is 0 Å². The van der Waals surface area contributed by atoms with Crippen LogP contribution in [0.4, 0.5) is 0 Å². The molecule has 0 atom stereocenters. The van der Waals surface area contributed by atoms with Crippen molar-refractivity contribution in [1.29, 1.82) is 0 Å². The molecule has 0 amide bonds. The summed E-state index contributed by atoms with van der Waals surface area (Å²) >= 11 is 0. The first-order valence-corrected chi connectivity index (χ1v) is 4.79. The van der Waals surface area contributed by atoms with Gasteiger partial charge in [0.1, 0.15) is 0 Å². The highest BCUT2D eigenvalue weighted by Crippen LogP contribution is 2.62. The fraction of sp³-hybridized carbons (Fsp3) is 0.818. The van der Waals surface area contributed by atoms with Gasteiger partial charge in [0.15, 0.2) is 0 Å². The van der Waals surface area contributed by atoms with E-state index in [4.69, 9.17) is 0 Å². The van der Waals surface area contributed by atoms with Gasteiger partial charge >= 0.3 is 0 Å². The molecule has 0 aromatic heterocycles. The molecule has 0 radical (unpaired) electrons. The smallest absolute Gasteiger partial charge is 0.0181 e. The molecule has 70 valence electrons. The van der Waals surface area contributed by atoms with E-state index in [9.17, 15) is 0 Å². The summed E-state index contributed by atoms with van der Waals surface area (Å²) in [6.07, 6.45) is 3.04. The summed E-state index contributed by atoms with van der Waals surface area (Å²) in [5.74, 6) is 0. The SMILES string of the molecule is C=CCCNC1C(C)(C)C1(C)C. The average molecular weight is 167 g/mol. The third-order valence-electron chi connectivity index (χ3n) is 3.72. The average Bonchev–Trinajstić information content (AvgIpc) is 2.32. The Morgan fingerprint density at radius 3 is 2.08 bits per heavy atom. The lowest BCUT2D eigenvalue weighted by Gasteiger charge is -2.03. The van der Waals surface area contributed by atoms with Crippen molar-refractivity contribution in [2.24, 2.45) is 10.8 Å². The van der Waals surface area contributed by atoms with Crippen LogP contribution in [-0.2, 0) is 0 Å². The van der Waals surface area contributed by atoms with E-state index in [1.165, 1.54) is 0 Å². The lowest BCUT2D eigenvalue weighted by molar-refractivity contribution is 0.457. The number of hydrogen-bond acceptors (Lipinski definition) is 1. The van der Waals surface area contributed by atoms with E-state index < -0.39 is 0 Å². The lowest BCUT2D eigenvalue weighted by Crippen LogP contribution is -2.22. The zero-order chi connectivity index (χ0) is 9.41. The van der Waals surface area contributed by atoms with Gasteiger partial charge in [-0.2, -0.15) is 0 Å². The van der Waals surface area contributed by atoms with E-state index in [0.717, 1.165) is 13.0 Å². The number of nitrogens with one attached hydrogen (secondary N) is 1. The van der Waals surface area contributed by atoms with Crippen molar-refractivity contribution in [1.82, 2.24) is 5.32 Å². The van der Waals surface area contributed by atoms with Crippen molar-refractivity contribution in [3.05, 3.63) is 12.7 Å². The number of rotatable bonds is 4. The van der Waals surface area contributed by atoms with Crippen LogP contribution in [0.25, 0.3) is 0 Å². The van der Waals surface area contributed by atoms with E-state index in [1.807, 2.05) is 6.08 Å². The van der Waals surface area contributed by atoms with Crippen LogP contribution in [0.15, 0.2) is 12.7 Å². The molecular formula is C11H21N. The van der Waals surface area contributed by atoms with Crippen LogP contribution >= 0.6 is 0 Å². The molecular weight excluding hydrogens is 146 g/mol. The first-order valence-electron chi connectivity index (χ1n) is 4.79. The molecule has 12 heavy (non-hydrogen) atoms. The first-order chi connectivity index (χ1) is 5.44. The molecule has 1 N–H and O–H groups in total. The fourth-order valence-corrected chi connectivity index (χ4v) is 2.04. The van der Waals surface area contributed by atoms with Crippen LogP contribution in [-0.4, -0.2) is 12.6 Å². The van der Waals surface area contributed by atoms with Crippen LogP contribution in [0.3, 0.4) is 0 Å². The third kappa shape index (κ3) is 1.31. The summed E-state index contributed by atoms with van der Waals surface area (Å²) in [5.41, 5.74) is 0.933. The Balaban J connectivity index is 2.33. The topological polar surface area (TPSA) is 12.0 Å². The second kappa shape index (κ2) is 2.88. The van der Waals surface area contributed by atoms with Crippen molar-refractivity contribution in [2.75, 3.05) is 6.54 Å². The minimum atomic E-state index is 0.466. The first kappa shape index (κ1) is 9.79. The van der Waals surface area contributed by atoms with E-state index in [1.54, 1.807) is 0 Å². The monoisotopic (exact) mass is 167 g/mol. The Kier molecular flexibility index (Phi) is 2.35. The molecule has 1 aliphatic carbocycles. The van der Waals surface area contributed by atoms with Gasteiger partial charge in [0.2, 0.25) is 0 Å². The molecule has 0 unspecified atom stereocenters. The van der Waals surface area contributed by atoms with Crippen LogP contribution in [0.2, 0.25) is 0 Å². The molecule has 1 saturated carbocycles. The number of hydrogen-bond donors (Lipinski definition) is 1. The van der Waals surface area contributed by atoms with E-state index >= 15 is 0 Å². The summed E-state index contributed by atoms with van der Waals surface area (Å²) in [5, 5.41) is 3.57. The summed E-state index contributed by atoms with van der Waals surface area (Å²) in [6.45, 7) is 14.1. The Bertz CT molecular complexity index is 165. The molecule has 1 nitrogen and oxygen atoms in total. The van der Waals surface area contributed by atoms with Crippen LogP contribution in [0.5, 0.6) is 0 Å². The normalized spacial score (nSPS) is 25.3. The van der Waals surface area contributed by atoms with E-state index in [0.29, 0.717) is 16.9 Å². The van der Waals surface area contributed by atoms with Gasteiger partial charge in [0.25, 0.3) is 0 Å². The predicted octanol–water partition coefficient (Wildman–Crippen LogP) is 2.59. The molecule has 0 bridgehead atoms. The van der Waals surface area contributed by atoms with Crippen molar-refractivity contribution in [3.8, 4) is 0 Å². The van der Waals surface area contributed by atoms with Crippen LogP contribution in [0.1, 0.15) is 34.1 Å².